The van der Waals surface area contributed by atoms with Gasteiger partial charge in [0, 0.05) is 25.1 Å². The van der Waals surface area contributed by atoms with E-state index in [1.54, 1.807) is 45.3 Å². The van der Waals surface area contributed by atoms with Crippen LogP contribution in [0.2, 0.25) is 0 Å². The van der Waals surface area contributed by atoms with Gasteiger partial charge in [0.25, 0.3) is 0 Å². The van der Waals surface area contributed by atoms with Gasteiger partial charge in [-0.1, -0.05) is 57.0 Å². The van der Waals surface area contributed by atoms with Gasteiger partial charge in [0.1, 0.15) is 10.3 Å². The molecule has 0 fully saturated rings. The average molecular weight is 610 g/mol. The van der Waals surface area contributed by atoms with Crippen LogP contribution in [0.1, 0.15) is 44.5 Å². The smallest absolute Gasteiger partial charge is 0.429 e. The first-order valence-electron chi connectivity index (χ1n) is 11.7. The van der Waals surface area contributed by atoms with Crippen molar-refractivity contribution in [3.05, 3.63) is 80.3 Å². The zero-order valence-corrected chi connectivity index (χ0v) is 24.2. The number of thiazole rings is 4. The van der Waals surface area contributed by atoms with Gasteiger partial charge in [0.15, 0.2) is 0 Å². The first-order chi connectivity index (χ1) is 17.6. The standard InChI is InChI=1S/C26H22N6S4.Cu/c1-3-4-13-26(2,20-14-33-22(29-20)31-24-27-16-9-5-7-11-18(16)35-24)21-15-34-23(30-21)32-25-28-17-10-6-8-12-19(17)36-25;/h5-12,14-15H,3-4,13H2,1-2H3;/q-2;+2. The number of hydrogen-bond donors (Lipinski definition) is 0. The zero-order chi connectivity index (χ0) is 24.5. The molecule has 1 unspecified atom stereocenters. The number of para-hydroxylation sites is 2. The summed E-state index contributed by atoms with van der Waals surface area (Å²) in [5.74, 6) is 0. The second-order valence-corrected chi connectivity index (χ2v) is 12.3. The van der Waals surface area contributed by atoms with Crippen molar-refractivity contribution < 1.29 is 17.1 Å². The summed E-state index contributed by atoms with van der Waals surface area (Å²) in [6.45, 7) is 4.44. The predicted molar refractivity (Wildman–Crippen MR) is 151 cm³/mol. The quantitative estimate of drug-likeness (QED) is 0.184. The van der Waals surface area contributed by atoms with Gasteiger partial charge in [0.2, 0.25) is 0 Å². The van der Waals surface area contributed by atoms with Crippen molar-refractivity contribution in [3.8, 4) is 0 Å². The van der Waals surface area contributed by atoms with E-state index in [1.807, 2.05) is 36.4 Å². The number of hydrogen-bond acceptors (Lipinski definition) is 8. The van der Waals surface area contributed by atoms with Crippen molar-refractivity contribution in [3.63, 3.8) is 0 Å². The molecule has 0 aliphatic rings. The van der Waals surface area contributed by atoms with Gasteiger partial charge >= 0.3 is 17.1 Å². The molecule has 0 aliphatic carbocycles. The van der Waals surface area contributed by atoms with Crippen LogP contribution in [-0.2, 0) is 22.5 Å². The van der Waals surface area contributed by atoms with Crippen LogP contribution < -0.4 is 19.6 Å². The molecule has 2 aromatic carbocycles. The molecule has 1 atom stereocenters. The third-order valence-electron chi connectivity index (χ3n) is 6.09. The van der Waals surface area contributed by atoms with E-state index in [1.165, 1.54) is 0 Å². The van der Waals surface area contributed by atoms with Crippen molar-refractivity contribution in [2.45, 2.75) is 38.5 Å². The number of nitrogens with zero attached hydrogens (tertiary/aromatic N) is 6. The van der Waals surface area contributed by atoms with E-state index in [9.17, 15) is 0 Å². The number of unbranched alkanes of at least 4 members (excludes halogenated alkanes) is 1. The Hall–Kier alpha value is -2.40. The maximum absolute atomic E-state index is 4.94. The molecule has 0 saturated heterocycles. The number of benzene rings is 2. The third kappa shape index (κ3) is 5.43. The van der Waals surface area contributed by atoms with Gasteiger partial charge in [-0.05, 0) is 41.2 Å². The zero-order valence-electron chi connectivity index (χ0n) is 20.0. The Balaban J connectivity index is 0.00000280. The number of rotatable bonds is 7. The molecule has 4 aromatic heterocycles. The maximum atomic E-state index is 4.94. The summed E-state index contributed by atoms with van der Waals surface area (Å²) in [4.78, 5) is 30.1. The van der Waals surface area contributed by atoms with Gasteiger partial charge in [-0.25, -0.2) is 9.97 Å². The largest absolute Gasteiger partial charge is 2.00 e. The second-order valence-electron chi connectivity index (χ2n) is 8.62. The van der Waals surface area contributed by atoms with Crippen molar-refractivity contribution in [2.24, 2.45) is 9.98 Å². The van der Waals surface area contributed by atoms with Crippen LogP contribution in [0.3, 0.4) is 0 Å². The Kier molecular flexibility index (Phi) is 7.90. The Morgan fingerprint density at radius 3 is 2.43 bits per heavy atom. The van der Waals surface area contributed by atoms with Crippen LogP contribution in [-0.4, -0.2) is 9.97 Å². The summed E-state index contributed by atoms with van der Waals surface area (Å²) < 4.78 is 2.26. The fraction of sp³-hybridized carbons (Fsp3) is 0.231. The van der Waals surface area contributed by atoms with Crippen LogP contribution in [0, 0.1) is 0 Å². The monoisotopic (exact) mass is 609 g/mol. The SMILES string of the molecule is CCCCC(C)(c1csc(/N=c2\[n-]c3ccccc3s2)n1)c1cs/c(=N/c2nc3ccccc3s2)[n-]1.[Cu+2]. The molecule has 0 aliphatic heterocycles. The molecule has 0 N–H and O–H groups in total. The molecule has 1 radical (unpaired) electrons. The number of fused-ring (bicyclic) bond motifs is 2. The van der Waals surface area contributed by atoms with Crippen molar-refractivity contribution in [2.75, 3.05) is 0 Å². The summed E-state index contributed by atoms with van der Waals surface area (Å²) in [5.41, 5.74) is 3.62. The molecule has 11 heteroatoms. The molecule has 191 valence electrons. The molecular formula is C26H22CuN6S4. The summed E-state index contributed by atoms with van der Waals surface area (Å²) >= 11 is 6.28. The Morgan fingerprint density at radius 1 is 0.838 bits per heavy atom. The van der Waals surface area contributed by atoms with E-state index in [4.69, 9.17) is 20.0 Å². The predicted octanol–water partition coefficient (Wildman–Crippen LogP) is 6.90. The van der Waals surface area contributed by atoms with E-state index >= 15 is 0 Å². The van der Waals surface area contributed by atoms with Gasteiger partial charge in [-0.3, -0.25) is 0 Å². The topological polar surface area (TPSA) is 78.7 Å². The van der Waals surface area contributed by atoms with Gasteiger partial charge in [-0.2, -0.15) is 11.3 Å². The van der Waals surface area contributed by atoms with Crippen LogP contribution in [0.25, 0.3) is 20.4 Å². The minimum atomic E-state index is -0.314. The molecule has 0 spiro atoms. The first kappa shape index (κ1) is 26.2. The number of aromatic nitrogens is 4. The normalized spacial score (nSPS) is 14.3. The molecule has 0 bridgehead atoms. The summed E-state index contributed by atoms with van der Waals surface area (Å²) in [6, 6.07) is 16.2. The Bertz CT molecular complexity index is 1720. The van der Waals surface area contributed by atoms with Crippen molar-refractivity contribution in [1.29, 1.82) is 0 Å². The van der Waals surface area contributed by atoms with E-state index in [-0.39, 0.29) is 22.5 Å². The summed E-state index contributed by atoms with van der Waals surface area (Å²) in [6.07, 6.45) is 3.15. The van der Waals surface area contributed by atoms with Gasteiger partial charge in [0.05, 0.1) is 15.9 Å². The summed E-state index contributed by atoms with van der Waals surface area (Å²) in [7, 11) is 0. The summed E-state index contributed by atoms with van der Waals surface area (Å²) in [5, 5.41) is 5.69. The van der Waals surface area contributed by atoms with Crippen LogP contribution in [0.15, 0.2) is 69.3 Å². The minimum Gasteiger partial charge on any atom is -0.429 e. The minimum absolute atomic E-state index is 0. The molecule has 37 heavy (non-hydrogen) atoms. The molecule has 6 aromatic rings. The average Bonchev–Trinajstić information content (AvgIpc) is 3.68. The van der Waals surface area contributed by atoms with E-state index in [0.29, 0.717) is 0 Å². The third-order valence-corrected chi connectivity index (χ3v) is 9.42. The Labute approximate surface area is 240 Å². The molecule has 0 amide bonds. The molecular weight excluding hydrogens is 588 g/mol. The van der Waals surface area contributed by atoms with Gasteiger partial charge in [-0.15, -0.1) is 34.0 Å². The van der Waals surface area contributed by atoms with E-state index in [2.05, 4.69) is 46.7 Å². The van der Waals surface area contributed by atoms with Crippen LogP contribution in [0.5, 0.6) is 0 Å². The Morgan fingerprint density at radius 2 is 1.62 bits per heavy atom. The molecule has 0 saturated carbocycles. The molecule has 6 rings (SSSR count). The van der Waals surface area contributed by atoms with Crippen molar-refractivity contribution in [1.82, 2.24) is 19.9 Å². The van der Waals surface area contributed by atoms with Gasteiger partial charge < -0.3 is 20.0 Å². The molecule has 4 heterocycles. The fourth-order valence-electron chi connectivity index (χ4n) is 4.04. The fourth-order valence-corrected chi connectivity index (χ4v) is 7.47. The van der Waals surface area contributed by atoms with E-state index < -0.39 is 0 Å². The first-order valence-corrected chi connectivity index (χ1v) is 15.1. The maximum Gasteiger partial charge on any atom is 2.00 e. The van der Waals surface area contributed by atoms with E-state index in [0.717, 1.165) is 70.9 Å². The van der Waals surface area contributed by atoms with Crippen LogP contribution >= 0.6 is 45.3 Å². The van der Waals surface area contributed by atoms with Crippen molar-refractivity contribution >= 4 is 76.0 Å². The molecule has 6 nitrogen and oxygen atoms in total. The second kappa shape index (κ2) is 11.1. The van der Waals surface area contributed by atoms with Crippen LogP contribution in [0.4, 0.5) is 10.3 Å².